The smallest absolute Gasteiger partial charge is 0.383 e. The Labute approximate surface area is 149 Å². The largest absolute Gasteiger partial charge is 0.416 e. The molecule has 138 valence electrons. The molecule has 0 unspecified atom stereocenters. The van der Waals surface area contributed by atoms with Crippen LogP contribution in [0.3, 0.4) is 0 Å². The maximum Gasteiger partial charge on any atom is 0.416 e. The summed E-state index contributed by atoms with van der Waals surface area (Å²) in [5, 5.41) is 13.5. The van der Waals surface area contributed by atoms with Gasteiger partial charge in [-0.1, -0.05) is 12.1 Å². The molecule has 0 radical (unpaired) electrons. The summed E-state index contributed by atoms with van der Waals surface area (Å²) in [5.41, 5.74) is 2.12. The third-order valence-electron chi connectivity index (χ3n) is 4.76. The lowest BCUT2D eigenvalue weighted by atomic mass is 9.98. The highest BCUT2D eigenvalue weighted by atomic mass is 19.4. The number of ether oxygens (including phenoxy) is 1. The van der Waals surface area contributed by atoms with E-state index in [1.165, 1.54) is 6.07 Å². The summed E-state index contributed by atoms with van der Waals surface area (Å²) in [5.74, 6) is 0. The van der Waals surface area contributed by atoms with Gasteiger partial charge in [-0.05, 0) is 47.9 Å². The maximum absolute atomic E-state index is 13.1. The molecule has 7 heteroatoms. The number of aliphatic hydroxyl groups is 1. The molecule has 2 aliphatic rings. The molecule has 0 atom stereocenters. The molecule has 0 spiro atoms. The molecule has 26 heavy (non-hydrogen) atoms. The second kappa shape index (κ2) is 5.89. The molecule has 4 rings (SSSR count). The third-order valence-corrected chi connectivity index (χ3v) is 4.76. The first-order valence-corrected chi connectivity index (χ1v) is 8.36. The van der Waals surface area contributed by atoms with Crippen LogP contribution in [0.5, 0.6) is 0 Å². The highest BCUT2D eigenvalue weighted by molar-refractivity contribution is 5.81. The van der Waals surface area contributed by atoms with Gasteiger partial charge < -0.3 is 20.1 Å². The van der Waals surface area contributed by atoms with E-state index in [2.05, 4.69) is 5.32 Å². The number of halogens is 3. The van der Waals surface area contributed by atoms with E-state index >= 15 is 0 Å². The monoisotopic (exact) mass is 364 g/mol. The van der Waals surface area contributed by atoms with Crippen LogP contribution in [0.25, 0.3) is 11.1 Å². The number of anilines is 2. The highest BCUT2D eigenvalue weighted by Crippen LogP contribution is 2.38. The average Bonchev–Trinajstić information content (AvgIpc) is 2.94. The number of aryl methyl sites for hydroxylation is 1. The molecule has 0 amide bonds. The number of rotatable bonds is 3. The molecule has 0 bridgehead atoms. The van der Waals surface area contributed by atoms with Crippen LogP contribution in [0.1, 0.15) is 11.1 Å². The van der Waals surface area contributed by atoms with Gasteiger partial charge in [0.2, 0.25) is 0 Å². The average molecular weight is 364 g/mol. The van der Waals surface area contributed by atoms with Crippen molar-refractivity contribution in [3.8, 4) is 11.1 Å². The number of nitrogens with zero attached hydrogens (tertiary/aromatic N) is 1. The predicted octanol–water partition coefficient (Wildman–Crippen LogP) is 3.63. The number of benzene rings is 2. The normalized spacial score (nSPS) is 18.3. The van der Waals surface area contributed by atoms with Gasteiger partial charge in [0.05, 0.1) is 43.4 Å². The van der Waals surface area contributed by atoms with Crippen molar-refractivity contribution in [2.75, 3.05) is 36.6 Å². The zero-order chi connectivity index (χ0) is 18.5. The van der Waals surface area contributed by atoms with E-state index in [1.807, 2.05) is 23.1 Å². The maximum atomic E-state index is 13.1. The molecule has 0 aliphatic carbocycles. The summed E-state index contributed by atoms with van der Waals surface area (Å²) in [6, 6.07) is 9.62. The number of hydrogen-bond acceptors (Lipinski definition) is 4. The molecule has 2 N–H and O–H groups in total. The lowest BCUT2D eigenvalue weighted by Crippen LogP contribution is -2.57. The van der Waals surface area contributed by atoms with Crippen molar-refractivity contribution >= 4 is 11.4 Å². The van der Waals surface area contributed by atoms with Crippen molar-refractivity contribution in [1.82, 2.24) is 0 Å². The molecule has 2 aromatic carbocycles. The minimum Gasteiger partial charge on any atom is -0.383 e. The van der Waals surface area contributed by atoms with Crippen molar-refractivity contribution in [2.24, 2.45) is 0 Å². The molecule has 2 heterocycles. The topological polar surface area (TPSA) is 44.7 Å². The summed E-state index contributed by atoms with van der Waals surface area (Å²) < 4.78 is 44.3. The summed E-state index contributed by atoms with van der Waals surface area (Å²) in [6.07, 6.45) is -4.37. The number of alkyl halides is 3. The Morgan fingerprint density at radius 1 is 1.15 bits per heavy atom. The van der Waals surface area contributed by atoms with E-state index in [0.29, 0.717) is 37.6 Å². The van der Waals surface area contributed by atoms with Crippen molar-refractivity contribution in [1.29, 1.82) is 0 Å². The summed E-state index contributed by atoms with van der Waals surface area (Å²) in [6.45, 7) is 3.30. The number of fused-ring (bicyclic) bond motifs is 1. The Morgan fingerprint density at radius 2 is 1.92 bits per heavy atom. The fraction of sp³-hybridized carbons (Fsp3) is 0.368. The van der Waals surface area contributed by atoms with E-state index in [9.17, 15) is 18.3 Å². The van der Waals surface area contributed by atoms with Crippen LogP contribution in [0.2, 0.25) is 0 Å². The molecule has 0 saturated carbocycles. The van der Waals surface area contributed by atoms with Gasteiger partial charge in [0.25, 0.3) is 0 Å². The second-order valence-corrected chi connectivity index (χ2v) is 7.07. The first kappa shape index (κ1) is 17.2. The molecule has 4 nitrogen and oxygen atoms in total. The van der Waals surface area contributed by atoms with Crippen molar-refractivity contribution < 1.29 is 23.0 Å². The number of hydrogen-bond donors (Lipinski definition) is 2. The van der Waals surface area contributed by atoms with Crippen molar-refractivity contribution in [2.45, 2.75) is 18.7 Å². The quantitative estimate of drug-likeness (QED) is 0.873. The standard InChI is InChI=1S/C19H19F3N2O2/c1-12-4-14(6-15(5-12)19(20,21)22)13-2-3-17-16(7-13)23-11-24(17)8-18(25)9-26-10-18/h2-7,23,25H,8-11H2,1H3. The van der Waals surface area contributed by atoms with Gasteiger partial charge in [-0.2, -0.15) is 13.2 Å². The Kier molecular flexibility index (Phi) is 3.89. The first-order valence-electron chi connectivity index (χ1n) is 8.36. The lowest BCUT2D eigenvalue weighted by Gasteiger charge is -2.39. The third kappa shape index (κ3) is 3.12. The Balaban J connectivity index is 1.63. The van der Waals surface area contributed by atoms with Crippen LogP contribution in [-0.2, 0) is 10.9 Å². The summed E-state index contributed by atoms with van der Waals surface area (Å²) in [4.78, 5) is 2.01. The highest BCUT2D eigenvalue weighted by Gasteiger charge is 2.39. The van der Waals surface area contributed by atoms with E-state index in [0.717, 1.165) is 23.0 Å². The van der Waals surface area contributed by atoms with Crippen LogP contribution in [0, 0.1) is 6.92 Å². The Hall–Kier alpha value is -2.25. The molecular formula is C19H19F3N2O2. The van der Waals surface area contributed by atoms with Crippen molar-refractivity contribution in [3.63, 3.8) is 0 Å². The van der Waals surface area contributed by atoms with Crippen LogP contribution in [-0.4, -0.2) is 37.1 Å². The van der Waals surface area contributed by atoms with E-state index < -0.39 is 17.3 Å². The van der Waals surface area contributed by atoms with E-state index in [1.54, 1.807) is 13.0 Å². The van der Waals surface area contributed by atoms with Crippen LogP contribution in [0.15, 0.2) is 36.4 Å². The van der Waals surface area contributed by atoms with Crippen LogP contribution >= 0.6 is 0 Å². The van der Waals surface area contributed by atoms with Crippen LogP contribution < -0.4 is 10.2 Å². The molecule has 2 aromatic rings. The molecular weight excluding hydrogens is 345 g/mol. The van der Waals surface area contributed by atoms with E-state index in [4.69, 9.17) is 4.74 Å². The predicted molar refractivity (Wildman–Crippen MR) is 93.2 cm³/mol. The molecule has 0 aromatic heterocycles. The van der Waals surface area contributed by atoms with Gasteiger partial charge in [0.15, 0.2) is 0 Å². The van der Waals surface area contributed by atoms with Gasteiger partial charge in [0, 0.05) is 0 Å². The Morgan fingerprint density at radius 3 is 2.58 bits per heavy atom. The number of nitrogens with one attached hydrogen (secondary N) is 1. The zero-order valence-corrected chi connectivity index (χ0v) is 14.2. The minimum absolute atomic E-state index is 0.320. The molecule has 1 fully saturated rings. The van der Waals surface area contributed by atoms with Crippen LogP contribution in [0.4, 0.5) is 24.5 Å². The Bertz CT molecular complexity index is 847. The minimum atomic E-state index is -4.37. The van der Waals surface area contributed by atoms with Gasteiger partial charge in [-0.15, -0.1) is 0 Å². The summed E-state index contributed by atoms with van der Waals surface area (Å²) >= 11 is 0. The van der Waals surface area contributed by atoms with Gasteiger partial charge in [0.1, 0.15) is 5.60 Å². The second-order valence-electron chi connectivity index (χ2n) is 7.07. The van der Waals surface area contributed by atoms with Gasteiger partial charge in [-0.3, -0.25) is 0 Å². The first-order chi connectivity index (χ1) is 12.2. The van der Waals surface area contributed by atoms with Crippen molar-refractivity contribution in [3.05, 3.63) is 47.5 Å². The SMILES string of the molecule is Cc1cc(-c2ccc3c(c2)NCN3CC2(O)COC2)cc(C(F)(F)F)c1. The molecule has 1 saturated heterocycles. The fourth-order valence-electron chi connectivity index (χ4n) is 3.44. The summed E-state index contributed by atoms with van der Waals surface area (Å²) in [7, 11) is 0. The fourth-order valence-corrected chi connectivity index (χ4v) is 3.44. The lowest BCUT2D eigenvalue weighted by molar-refractivity contribution is -0.171. The zero-order valence-electron chi connectivity index (χ0n) is 14.2. The van der Waals surface area contributed by atoms with Gasteiger partial charge in [-0.25, -0.2) is 0 Å². The van der Waals surface area contributed by atoms with Gasteiger partial charge >= 0.3 is 6.18 Å². The number of β-amino-alcohol motifs (C(OH)–C–C–N with tert-alkyl or cyclic N) is 1. The van der Waals surface area contributed by atoms with E-state index in [-0.39, 0.29) is 0 Å². The molecule has 2 aliphatic heterocycles.